The van der Waals surface area contributed by atoms with Gasteiger partial charge in [-0.15, -0.1) is 0 Å². The molecule has 7 heteroatoms. The molecule has 0 bridgehead atoms. The molecule has 1 saturated heterocycles. The van der Waals surface area contributed by atoms with E-state index < -0.39 is 30.0 Å². The van der Waals surface area contributed by atoms with E-state index in [0.717, 1.165) is 0 Å². The van der Waals surface area contributed by atoms with E-state index in [1.807, 2.05) is 0 Å². The van der Waals surface area contributed by atoms with Gasteiger partial charge in [0, 0.05) is 6.54 Å². The number of carbonyl (C=O) groups is 3. The number of likely N-dealkylation sites (tertiary alicyclic amines) is 1. The van der Waals surface area contributed by atoms with E-state index >= 15 is 0 Å². The van der Waals surface area contributed by atoms with Crippen LogP contribution in [-0.2, 0) is 9.59 Å². The van der Waals surface area contributed by atoms with Crippen molar-refractivity contribution < 1.29 is 29.7 Å². The number of piperidine rings is 1. The molecule has 0 unspecified atom stereocenters. The summed E-state index contributed by atoms with van der Waals surface area (Å²) >= 11 is 0. The molecule has 1 rings (SSSR count). The summed E-state index contributed by atoms with van der Waals surface area (Å²) in [4.78, 5) is 33.2. The summed E-state index contributed by atoms with van der Waals surface area (Å²) in [5.41, 5.74) is 0.234. The van der Waals surface area contributed by atoms with E-state index in [1.165, 1.54) is 0 Å². The van der Waals surface area contributed by atoms with Crippen LogP contribution in [-0.4, -0.2) is 50.8 Å². The van der Waals surface area contributed by atoms with E-state index in [1.54, 1.807) is 0 Å². The average molecular weight is 229 g/mol. The maximum absolute atomic E-state index is 10.9. The SMILES string of the molecule is C=C1CCN(C(=O)O)[C@H](C(=O)O)[C@H]1C(=O)O. The molecule has 1 fully saturated rings. The minimum atomic E-state index is -1.60. The summed E-state index contributed by atoms with van der Waals surface area (Å²) < 4.78 is 0. The van der Waals surface area contributed by atoms with E-state index in [9.17, 15) is 14.4 Å². The normalized spacial score (nSPS) is 25.2. The van der Waals surface area contributed by atoms with E-state index in [4.69, 9.17) is 15.3 Å². The molecule has 7 nitrogen and oxygen atoms in total. The van der Waals surface area contributed by atoms with Gasteiger partial charge < -0.3 is 15.3 Å². The molecule has 0 radical (unpaired) electrons. The molecule has 0 spiro atoms. The minimum Gasteiger partial charge on any atom is -0.481 e. The van der Waals surface area contributed by atoms with Gasteiger partial charge in [0.25, 0.3) is 0 Å². The van der Waals surface area contributed by atoms with Crippen molar-refractivity contribution in [2.45, 2.75) is 12.5 Å². The van der Waals surface area contributed by atoms with Crippen LogP contribution < -0.4 is 0 Å². The van der Waals surface area contributed by atoms with Crippen molar-refractivity contribution in [3.8, 4) is 0 Å². The first-order valence-electron chi connectivity index (χ1n) is 4.49. The Bertz CT molecular complexity index is 363. The molecule has 0 aromatic heterocycles. The highest BCUT2D eigenvalue weighted by atomic mass is 16.4. The molecule has 1 heterocycles. The number of aliphatic carboxylic acids is 2. The van der Waals surface area contributed by atoms with Crippen molar-refractivity contribution in [2.24, 2.45) is 5.92 Å². The fourth-order valence-corrected chi connectivity index (χ4v) is 1.76. The second-order valence-electron chi connectivity index (χ2n) is 3.48. The van der Waals surface area contributed by atoms with Gasteiger partial charge in [0.2, 0.25) is 0 Å². The molecule has 1 amide bonds. The van der Waals surface area contributed by atoms with Crippen molar-refractivity contribution in [3.05, 3.63) is 12.2 Å². The van der Waals surface area contributed by atoms with Gasteiger partial charge in [-0.05, 0) is 6.42 Å². The predicted octanol–water partition coefficient (Wildman–Crippen LogP) is 0.0803. The van der Waals surface area contributed by atoms with Crippen LogP contribution >= 0.6 is 0 Å². The standard InChI is InChI=1S/C9H11NO6/c1-4-2-3-10(9(15)16)6(8(13)14)5(4)7(11)12/h5-6H,1-3H2,(H,11,12)(H,13,14)(H,15,16)/t5-,6-/m0/s1. The predicted molar refractivity (Wildman–Crippen MR) is 51.0 cm³/mol. The first-order valence-corrected chi connectivity index (χ1v) is 4.49. The molecule has 0 aromatic carbocycles. The van der Waals surface area contributed by atoms with Crippen LogP contribution in [0.4, 0.5) is 4.79 Å². The molecule has 16 heavy (non-hydrogen) atoms. The summed E-state index contributed by atoms with van der Waals surface area (Å²) in [6.07, 6.45) is -1.28. The fraction of sp³-hybridized carbons (Fsp3) is 0.444. The lowest BCUT2D eigenvalue weighted by molar-refractivity contribution is -0.154. The molecule has 3 N–H and O–H groups in total. The van der Waals surface area contributed by atoms with Crippen LogP contribution in [0.3, 0.4) is 0 Å². The third-order valence-electron chi connectivity index (χ3n) is 2.53. The van der Waals surface area contributed by atoms with E-state index in [-0.39, 0.29) is 18.5 Å². The van der Waals surface area contributed by atoms with Gasteiger partial charge in [0.15, 0.2) is 0 Å². The average Bonchev–Trinajstić information content (AvgIpc) is 2.15. The number of carboxylic acid groups (broad SMARTS) is 3. The van der Waals surface area contributed by atoms with Crippen LogP contribution in [0.2, 0.25) is 0 Å². The van der Waals surface area contributed by atoms with Gasteiger partial charge in [-0.1, -0.05) is 12.2 Å². The molecular formula is C9H11NO6. The second-order valence-corrected chi connectivity index (χ2v) is 3.48. The highest BCUT2D eigenvalue weighted by Crippen LogP contribution is 2.28. The van der Waals surface area contributed by atoms with Gasteiger partial charge in [-0.2, -0.15) is 0 Å². The molecule has 88 valence electrons. The maximum Gasteiger partial charge on any atom is 0.408 e. The largest absolute Gasteiger partial charge is 0.481 e. The number of hydrogen-bond donors (Lipinski definition) is 3. The molecule has 0 saturated carbocycles. The van der Waals surface area contributed by atoms with Crippen molar-refractivity contribution in [2.75, 3.05) is 6.54 Å². The first kappa shape index (κ1) is 12.0. The Hall–Kier alpha value is -2.05. The Labute approximate surface area is 90.6 Å². The Balaban J connectivity index is 3.11. The molecule has 2 atom stereocenters. The van der Waals surface area contributed by atoms with Crippen LogP contribution in [0.25, 0.3) is 0 Å². The monoisotopic (exact) mass is 229 g/mol. The molecule has 1 aliphatic rings. The number of hydrogen-bond acceptors (Lipinski definition) is 3. The molecule has 0 aromatic rings. The zero-order valence-electron chi connectivity index (χ0n) is 8.29. The summed E-state index contributed by atoms with van der Waals surface area (Å²) in [6, 6.07) is -1.60. The van der Waals surface area contributed by atoms with Crippen molar-refractivity contribution in [1.82, 2.24) is 4.90 Å². The van der Waals surface area contributed by atoms with Gasteiger partial charge in [-0.25, -0.2) is 9.59 Å². The van der Waals surface area contributed by atoms with Crippen LogP contribution in [0.5, 0.6) is 0 Å². The Morgan fingerprint density at radius 1 is 1.19 bits per heavy atom. The number of nitrogens with zero attached hydrogens (tertiary/aromatic N) is 1. The lowest BCUT2D eigenvalue weighted by Gasteiger charge is -2.36. The van der Waals surface area contributed by atoms with Gasteiger partial charge >= 0.3 is 18.0 Å². The van der Waals surface area contributed by atoms with Crippen LogP contribution in [0, 0.1) is 5.92 Å². The zero-order chi connectivity index (χ0) is 12.5. The number of rotatable bonds is 2. The van der Waals surface area contributed by atoms with Gasteiger partial charge in [-0.3, -0.25) is 9.69 Å². The lowest BCUT2D eigenvalue weighted by Crippen LogP contribution is -2.55. The van der Waals surface area contributed by atoms with Crippen LogP contribution in [0.1, 0.15) is 6.42 Å². The summed E-state index contributed by atoms with van der Waals surface area (Å²) in [5.74, 6) is -4.23. The summed E-state index contributed by atoms with van der Waals surface area (Å²) in [5, 5.41) is 26.6. The summed E-state index contributed by atoms with van der Waals surface area (Å²) in [7, 11) is 0. The Kier molecular flexibility index (Phi) is 3.17. The van der Waals surface area contributed by atoms with E-state index in [2.05, 4.69) is 6.58 Å². The summed E-state index contributed by atoms with van der Waals surface area (Å²) in [6.45, 7) is 3.43. The highest BCUT2D eigenvalue weighted by molar-refractivity contribution is 5.88. The minimum absolute atomic E-state index is 0.0467. The fourth-order valence-electron chi connectivity index (χ4n) is 1.76. The quantitative estimate of drug-likeness (QED) is 0.577. The smallest absolute Gasteiger partial charge is 0.408 e. The first-order chi connectivity index (χ1) is 7.36. The molecule has 1 aliphatic heterocycles. The van der Waals surface area contributed by atoms with Crippen molar-refractivity contribution >= 4 is 18.0 Å². The second kappa shape index (κ2) is 4.21. The lowest BCUT2D eigenvalue weighted by atomic mass is 9.85. The third kappa shape index (κ3) is 1.97. The van der Waals surface area contributed by atoms with Gasteiger partial charge in [0.1, 0.15) is 12.0 Å². The van der Waals surface area contributed by atoms with Crippen LogP contribution in [0.15, 0.2) is 12.2 Å². The topological polar surface area (TPSA) is 115 Å². The molecule has 0 aliphatic carbocycles. The maximum atomic E-state index is 10.9. The van der Waals surface area contributed by atoms with E-state index in [0.29, 0.717) is 4.90 Å². The van der Waals surface area contributed by atoms with Gasteiger partial charge in [0.05, 0.1) is 0 Å². The Morgan fingerprint density at radius 3 is 2.12 bits per heavy atom. The Morgan fingerprint density at radius 2 is 1.75 bits per heavy atom. The zero-order valence-corrected chi connectivity index (χ0v) is 8.29. The van der Waals surface area contributed by atoms with Crippen molar-refractivity contribution in [1.29, 1.82) is 0 Å². The van der Waals surface area contributed by atoms with Crippen molar-refractivity contribution in [3.63, 3.8) is 0 Å². The third-order valence-corrected chi connectivity index (χ3v) is 2.53. The molecular weight excluding hydrogens is 218 g/mol. The highest BCUT2D eigenvalue weighted by Gasteiger charge is 2.45. The number of amides is 1. The number of carboxylic acids is 2.